The Balaban J connectivity index is 1.76. The van der Waals surface area contributed by atoms with Crippen LogP contribution in [0.25, 0.3) is 0 Å². The highest BCUT2D eigenvalue weighted by atomic mass is 79.9. The van der Waals surface area contributed by atoms with Crippen LogP contribution in [-0.4, -0.2) is 12.6 Å². The van der Waals surface area contributed by atoms with Crippen LogP contribution in [0.15, 0.2) is 59.1 Å². The molecule has 0 saturated carbocycles. The van der Waals surface area contributed by atoms with Crippen molar-refractivity contribution in [3.05, 3.63) is 70.2 Å². The Bertz CT molecular complexity index is 537. The summed E-state index contributed by atoms with van der Waals surface area (Å²) < 4.78 is 6.34. The summed E-state index contributed by atoms with van der Waals surface area (Å²) >= 11 is 3.51. The van der Waals surface area contributed by atoms with Crippen LogP contribution in [0.4, 0.5) is 0 Å². The molecule has 2 aromatic carbocycles. The zero-order valence-corrected chi connectivity index (χ0v) is 12.1. The highest BCUT2D eigenvalue weighted by molar-refractivity contribution is 9.10. The first-order valence-electron chi connectivity index (χ1n) is 6.23. The molecule has 0 N–H and O–H groups in total. The SMILES string of the molecule is O=C(OCCCc1ccccc1Br)c1ccccc1. The van der Waals surface area contributed by atoms with E-state index in [1.54, 1.807) is 12.1 Å². The molecule has 0 aliphatic heterocycles. The lowest BCUT2D eigenvalue weighted by molar-refractivity contribution is 0.0500. The fourth-order valence-electron chi connectivity index (χ4n) is 1.79. The molecule has 0 radical (unpaired) electrons. The van der Waals surface area contributed by atoms with Gasteiger partial charge < -0.3 is 4.74 Å². The molecule has 0 aromatic heterocycles. The van der Waals surface area contributed by atoms with Crippen molar-refractivity contribution >= 4 is 21.9 Å². The summed E-state index contributed by atoms with van der Waals surface area (Å²) in [5.74, 6) is -0.257. The topological polar surface area (TPSA) is 26.3 Å². The average Bonchev–Trinajstić information content (AvgIpc) is 2.46. The Hall–Kier alpha value is -1.61. The van der Waals surface area contributed by atoms with Gasteiger partial charge >= 0.3 is 5.97 Å². The number of carbonyl (C=O) groups excluding carboxylic acids is 1. The van der Waals surface area contributed by atoms with E-state index in [1.807, 2.05) is 36.4 Å². The Morgan fingerprint density at radius 1 is 1.00 bits per heavy atom. The Kier molecular flexibility index (Phi) is 5.16. The standard InChI is InChI=1S/C16H15BrO2/c17-15-11-5-4-7-13(15)10-6-12-19-16(18)14-8-2-1-3-9-14/h1-5,7-9,11H,6,10,12H2. The third kappa shape index (κ3) is 4.21. The Labute approximate surface area is 121 Å². The van der Waals surface area contributed by atoms with Crippen molar-refractivity contribution in [2.24, 2.45) is 0 Å². The van der Waals surface area contributed by atoms with E-state index in [-0.39, 0.29) is 5.97 Å². The molecule has 0 atom stereocenters. The van der Waals surface area contributed by atoms with E-state index >= 15 is 0 Å². The molecule has 2 nitrogen and oxygen atoms in total. The van der Waals surface area contributed by atoms with Crippen LogP contribution in [0.1, 0.15) is 22.3 Å². The predicted octanol–water partition coefficient (Wildman–Crippen LogP) is 4.24. The number of rotatable bonds is 5. The smallest absolute Gasteiger partial charge is 0.338 e. The summed E-state index contributed by atoms with van der Waals surface area (Å²) in [5, 5.41) is 0. The zero-order chi connectivity index (χ0) is 13.5. The van der Waals surface area contributed by atoms with Crippen LogP contribution >= 0.6 is 15.9 Å². The van der Waals surface area contributed by atoms with E-state index in [0.717, 1.165) is 17.3 Å². The molecule has 19 heavy (non-hydrogen) atoms. The van der Waals surface area contributed by atoms with E-state index < -0.39 is 0 Å². The minimum Gasteiger partial charge on any atom is -0.462 e. The summed E-state index contributed by atoms with van der Waals surface area (Å²) in [4.78, 5) is 11.7. The number of benzene rings is 2. The van der Waals surface area contributed by atoms with Gasteiger partial charge in [0.25, 0.3) is 0 Å². The fraction of sp³-hybridized carbons (Fsp3) is 0.188. The molecule has 0 unspecified atom stereocenters. The lowest BCUT2D eigenvalue weighted by Crippen LogP contribution is -2.06. The van der Waals surface area contributed by atoms with Gasteiger partial charge in [-0.1, -0.05) is 52.3 Å². The van der Waals surface area contributed by atoms with Crippen LogP contribution in [0.2, 0.25) is 0 Å². The summed E-state index contributed by atoms with van der Waals surface area (Å²) in [6.45, 7) is 0.440. The second-order valence-electron chi connectivity index (χ2n) is 4.20. The number of hydrogen-bond acceptors (Lipinski definition) is 2. The second kappa shape index (κ2) is 7.10. The summed E-state index contributed by atoms with van der Waals surface area (Å²) in [7, 11) is 0. The molecule has 0 spiro atoms. The molecule has 0 bridgehead atoms. The van der Waals surface area contributed by atoms with E-state index in [9.17, 15) is 4.79 Å². The van der Waals surface area contributed by atoms with Gasteiger partial charge in [-0.3, -0.25) is 0 Å². The van der Waals surface area contributed by atoms with Crippen LogP contribution < -0.4 is 0 Å². The van der Waals surface area contributed by atoms with Crippen molar-refractivity contribution < 1.29 is 9.53 Å². The second-order valence-corrected chi connectivity index (χ2v) is 5.05. The lowest BCUT2D eigenvalue weighted by atomic mass is 10.1. The molecule has 2 aromatic rings. The monoisotopic (exact) mass is 318 g/mol. The number of ether oxygens (including phenoxy) is 1. The summed E-state index contributed by atoms with van der Waals surface area (Å²) in [6, 6.07) is 17.2. The first kappa shape index (κ1) is 13.8. The normalized spacial score (nSPS) is 10.2. The van der Waals surface area contributed by atoms with E-state index in [4.69, 9.17) is 4.74 Å². The van der Waals surface area contributed by atoms with Gasteiger partial charge in [0.2, 0.25) is 0 Å². The highest BCUT2D eigenvalue weighted by Crippen LogP contribution is 2.17. The van der Waals surface area contributed by atoms with Crippen LogP contribution in [0.3, 0.4) is 0 Å². The van der Waals surface area contributed by atoms with Gasteiger partial charge in [-0.15, -0.1) is 0 Å². The van der Waals surface area contributed by atoms with Gasteiger partial charge in [0.05, 0.1) is 12.2 Å². The number of hydrogen-bond donors (Lipinski definition) is 0. The van der Waals surface area contributed by atoms with Crippen LogP contribution in [0.5, 0.6) is 0 Å². The van der Waals surface area contributed by atoms with Crippen LogP contribution in [0, 0.1) is 0 Å². The zero-order valence-electron chi connectivity index (χ0n) is 10.5. The summed E-state index contributed by atoms with van der Waals surface area (Å²) in [6.07, 6.45) is 1.71. The van der Waals surface area contributed by atoms with Crippen molar-refractivity contribution in [2.45, 2.75) is 12.8 Å². The molecule has 0 saturated heterocycles. The van der Waals surface area contributed by atoms with Crippen molar-refractivity contribution in [3.63, 3.8) is 0 Å². The molecular formula is C16H15BrO2. The van der Waals surface area contributed by atoms with E-state index in [0.29, 0.717) is 12.2 Å². The van der Waals surface area contributed by atoms with E-state index in [2.05, 4.69) is 22.0 Å². The maximum Gasteiger partial charge on any atom is 0.338 e. The minimum absolute atomic E-state index is 0.257. The fourth-order valence-corrected chi connectivity index (χ4v) is 2.27. The lowest BCUT2D eigenvalue weighted by Gasteiger charge is -2.06. The Morgan fingerprint density at radius 2 is 1.68 bits per heavy atom. The molecule has 0 heterocycles. The number of esters is 1. The molecule has 98 valence electrons. The summed E-state index contributed by atoms with van der Waals surface area (Å²) in [5.41, 5.74) is 1.83. The minimum atomic E-state index is -0.257. The van der Waals surface area contributed by atoms with Crippen molar-refractivity contribution in [3.8, 4) is 0 Å². The Morgan fingerprint density at radius 3 is 2.42 bits per heavy atom. The van der Waals surface area contributed by atoms with Crippen LogP contribution in [-0.2, 0) is 11.2 Å². The van der Waals surface area contributed by atoms with Gasteiger partial charge in [-0.05, 0) is 36.6 Å². The first-order valence-corrected chi connectivity index (χ1v) is 7.02. The van der Waals surface area contributed by atoms with Crippen molar-refractivity contribution in [1.82, 2.24) is 0 Å². The number of carbonyl (C=O) groups is 1. The third-order valence-electron chi connectivity index (χ3n) is 2.79. The average molecular weight is 319 g/mol. The molecule has 0 aliphatic carbocycles. The molecular weight excluding hydrogens is 304 g/mol. The van der Waals surface area contributed by atoms with Gasteiger partial charge in [0.15, 0.2) is 0 Å². The van der Waals surface area contributed by atoms with Crippen molar-refractivity contribution in [2.75, 3.05) is 6.61 Å². The van der Waals surface area contributed by atoms with Gasteiger partial charge in [-0.2, -0.15) is 0 Å². The van der Waals surface area contributed by atoms with E-state index in [1.165, 1.54) is 5.56 Å². The third-order valence-corrected chi connectivity index (χ3v) is 3.56. The largest absolute Gasteiger partial charge is 0.462 e. The predicted molar refractivity (Wildman–Crippen MR) is 79.2 cm³/mol. The molecule has 0 amide bonds. The molecule has 3 heteroatoms. The van der Waals surface area contributed by atoms with Gasteiger partial charge in [0, 0.05) is 4.47 Å². The first-order chi connectivity index (χ1) is 9.27. The molecule has 2 rings (SSSR count). The van der Waals surface area contributed by atoms with Gasteiger partial charge in [-0.25, -0.2) is 4.79 Å². The number of aryl methyl sites for hydroxylation is 1. The molecule has 0 fully saturated rings. The number of halogens is 1. The maximum absolute atomic E-state index is 11.7. The van der Waals surface area contributed by atoms with Crippen molar-refractivity contribution in [1.29, 1.82) is 0 Å². The quantitative estimate of drug-likeness (QED) is 0.609. The van der Waals surface area contributed by atoms with Gasteiger partial charge in [0.1, 0.15) is 0 Å². The maximum atomic E-state index is 11.7. The molecule has 0 aliphatic rings. The highest BCUT2D eigenvalue weighted by Gasteiger charge is 2.05.